The lowest BCUT2D eigenvalue weighted by molar-refractivity contribution is -0.203. The zero-order valence-corrected chi connectivity index (χ0v) is 15.6. The Balaban J connectivity index is 3.20. The van der Waals surface area contributed by atoms with Gasteiger partial charge < -0.3 is 28.4 Å². The van der Waals surface area contributed by atoms with E-state index in [1.165, 1.54) is 0 Å². The lowest BCUT2D eigenvalue weighted by Gasteiger charge is -2.27. The van der Waals surface area contributed by atoms with Gasteiger partial charge in [0, 0.05) is 34.6 Å². The van der Waals surface area contributed by atoms with Gasteiger partial charge in [-0.1, -0.05) is 0 Å². The van der Waals surface area contributed by atoms with Crippen LogP contribution >= 0.6 is 0 Å². The fourth-order valence-electron chi connectivity index (χ4n) is 2.46. The van der Waals surface area contributed by atoms with E-state index in [-0.39, 0.29) is 0 Å². The summed E-state index contributed by atoms with van der Waals surface area (Å²) in [7, 11) is 0. The SMILES string of the molecule is CC(=O)OC[C@@H](OC(C)=O)[C@@H]1O[C@@H](OC(C)=O)[C@H](OC(C)=O)[C@H]1OC(C)=O. The standard InChI is InChI=1S/C16H22O11/c1-7(17)22-6-12(23-8(2)18)13-14(24-9(3)19)15(25-10(4)20)16(27-13)26-11(5)21/h12-16H,6H2,1-5H3/t12-,13+,14+,15-,16-/m1/s1. The van der Waals surface area contributed by atoms with E-state index >= 15 is 0 Å². The molecule has 5 atom stereocenters. The maximum Gasteiger partial charge on any atom is 0.305 e. The van der Waals surface area contributed by atoms with Crippen molar-refractivity contribution in [2.24, 2.45) is 0 Å². The minimum absolute atomic E-state index is 0.420. The zero-order valence-electron chi connectivity index (χ0n) is 15.6. The van der Waals surface area contributed by atoms with Gasteiger partial charge in [0.1, 0.15) is 12.7 Å². The van der Waals surface area contributed by atoms with Crippen LogP contribution in [0.1, 0.15) is 34.6 Å². The summed E-state index contributed by atoms with van der Waals surface area (Å²) in [6.07, 6.45) is -6.46. The molecule has 1 aliphatic heterocycles. The highest BCUT2D eigenvalue weighted by molar-refractivity contribution is 5.69. The highest BCUT2D eigenvalue weighted by atomic mass is 16.8. The Morgan fingerprint density at radius 3 is 1.70 bits per heavy atom. The molecule has 0 aliphatic carbocycles. The van der Waals surface area contributed by atoms with Gasteiger partial charge in [-0.2, -0.15) is 0 Å². The summed E-state index contributed by atoms with van der Waals surface area (Å²) < 4.78 is 30.7. The number of rotatable bonds is 7. The van der Waals surface area contributed by atoms with Crippen LogP contribution in [0.4, 0.5) is 0 Å². The summed E-state index contributed by atoms with van der Waals surface area (Å²) >= 11 is 0. The van der Waals surface area contributed by atoms with E-state index in [9.17, 15) is 24.0 Å². The van der Waals surface area contributed by atoms with E-state index in [1.807, 2.05) is 0 Å². The van der Waals surface area contributed by atoms with E-state index in [1.54, 1.807) is 0 Å². The smallest absolute Gasteiger partial charge is 0.305 e. The van der Waals surface area contributed by atoms with Gasteiger partial charge in [-0.15, -0.1) is 0 Å². The average molecular weight is 390 g/mol. The number of ether oxygens (including phenoxy) is 6. The molecule has 11 heteroatoms. The number of hydrogen-bond donors (Lipinski definition) is 0. The van der Waals surface area contributed by atoms with Crippen LogP contribution in [0.5, 0.6) is 0 Å². The first-order valence-electron chi connectivity index (χ1n) is 7.99. The molecule has 0 aromatic rings. The molecule has 1 aliphatic rings. The predicted molar refractivity (Wildman–Crippen MR) is 83.7 cm³/mol. The Labute approximate surface area is 155 Å². The number of hydrogen-bond acceptors (Lipinski definition) is 11. The van der Waals surface area contributed by atoms with Crippen LogP contribution in [-0.2, 0) is 52.4 Å². The molecule has 1 rings (SSSR count). The van der Waals surface area contributed by atoms with Crippen molar-refractivity contribution in [1.29, 1.82) is 0 Å². The molecule has 0 N–H and O–H groups in total. The van der Waals surface area contributed by atoms with E-state index in [0.29, 0.717) is 0 Å². The van der Waals surface area contributed by atoms with Crippen molar-refractivity contribution in [3.05, 3.63) is 0 Å². The molecule has 11 nitrogen and oxygen atoms in total. The van der Waals surface area contributed by atoms with Crippen LogP contribution in [0.15, 0.2) is 0 Å². The van der Waals surface area contributed by atoms with Gasteiger partial charge in [0.05, 0.1) is 0 Å². The first-order chi connectivity index (χ1) is 12.5. The van der Waals surface area contributed by atoms with Gasteiger partial charge in [0.15, 0.2) is 12.2 Å². The average Bonchev–Trinajstić information content (AvgIpc) is 2.79. The van der Waals surface area contributed by atoms with Gasteiger partial charge in [-0.05, 0) is 0 Å². The quantitative estimate of drug-likeness (QED) is 0.415. The minimum Gasteiger partial charge on any atom is -0.462 e. The van der Waals surface area contributed by atoms with E-state index < -0.39 is 67.2 Å². The fraction of sp³-hybridized carbons (Fsp3) is 0.688. The monoisotopic (exact) mass is 390 g/mol. The highest BCUT2D eigenvalue weighted by Gasteiger charge is 2.55. The van der Waals surface area contributed by atoms with Crippen LogP contribution in [-0.4, -0.2) is 67.2 Å². The first kappa shape index (κ1) is 22.4. The molecule has 0 amide bonds. The Hall–Kier alpha value is -2.69. The van der Waals surface area contributed by atoms with E-state index in [2.05, 4.69) is 0 Å². The Morgan fingerprint density at radius 2 is 1.26 bits per heavy atom. The summed E-state index contributed by atoms with van der Waals surface area (Å²) in [5.74, 6) is -3.62. The van der Waals surface area contributed by atoms with Crippen LogP contribution in [0, 0.1) is 0 Å². The molecule has 0 spiro atoms. The minimum atomic E-state index is -1.42. The summed E-state index contributed by atoms with van der Waals surface area (Å²) in [5.41, 5.74) is 0. The number of carbonyl (C=O) groups excluding carboxylic acids is 5. The molecular weight excluding hydrogens is 368 g/mol. The third-order valence-electron chi connectivity index (χ3n) is 3.23. The predicted octanol–water partition coefficient (Wildman–Crippen LogP) is -0.367. The van der Waals surface area contributed by atoms with E-state index in [0.717, 1.165) is 34.6 Å². The van der Waals surface area contributed by atoms with Crippen molar-refractivity contribution in [2.75, 3.05) is 6.61 Å². The largest absolute Gasteiger partial charge is 0.462 e. The topological polar surface area (TPSA) is 141 Å². The Kier molecular flexibility index (Phi) is 8.16. The third-order valence-corrected chi connectivity index (χ3v) is 3.23. The number of esters is 5. The van der Waals surface area contributed by atoms with Crippen LogP contribution < -0.4 is 0 Å². The molecule has 0 bridgehead atoms. The lowest BCUT2D eigenvalue weighted by atomic mass is 10.1. The molecule has 1 saturated heterocycles. The van der Waals surface area contributed by atoms with Crippen molar-refractivity contribution in [3.63, 3.8) is 0 Å². The fourth-order valence-corrected chi connectivity index (χ4v) is 2.46. The lowest BCUT2D eigenvalue weighted by Crippen LogP contribution is -2.46. The van der Waals surface area contributed by atoms with Crippen LogP contribution in [0.25, 0.3) is 0 Å². The van der Waals surface area contributed by atoms with Crippen molar-refractivity contribution in [1.82, 2.24) is 0 Å². The molecule has 152 valence electrons. The van der Waals surface area contributed by atoms with Crippen molar-refractivity contribution < 1.29 is 52.4 Å². The second-order valence-corrected chi connectivity index (χ2v) is 5.68. The summed E-state index contributed by atoms with van der Waals surface area (Å²) in [6, 6.07) is 0. The van der Waals surface area contributed by atoms with Crippen molar-refractivity contribution in [3.8, 4) is 0 Å². The van der Waals surface area contributed by atoms with Crippen molar-refractivity contribution >= 4 is 29.8 Å². The highest BCUT2D eigenvalue weighted by Crippen LogP contribution is 2.31. The van der Waals surface area contributed by atoms with Gasteiger partial charge in [-0.3, -0.25) is 24.0 Å². The van der Waals surface area contributed by atoms with Crippen LogP contribution in [0.3, 0.4) is 0 Å². The summed E-state index contributed by atoms with van der Waals surface area (Å²) in [4.78, 5) is 56.7. The number of carbonyl (C=O) groups is 5. The molecule has 0 aromatic heterocycles. The molecule has 0 saturated carbocycles. The summed E-state index contributed by atoms with van der Waals surface area (Å²) in [5, 5.41) is 0. The first-order valence-corrected chi connectivity index (χ1v) is 7.99. The molecule has 0 unspecified atom stereocenters. The molecule has 1 heterocycles. The molecule has 27 heavy (non-hydrogen) atoms. The van der Waals surface area contributed by atoms with Gasteiger partial charge in [0.25, 0.3) is 0 Å². The second-order valence-electron chi connectivity index (χ2n) is 5.68. The molecular formula is C16H22O11. The van der Waals surface area contributed by atoms with Crippen molar-refractivity contribution in [2.45, 2.75) is 65.3 Å². The molecule has 0 radical (unpaired) electrons. The molecule has 0 aromatic carbocycles. The summed E-state index contributed by atoms with van der Waals surface area (Å²) in [6.45, 7) is 5.15. The van der Waals surface area contributed by atoms with Gasteiger partial charge >= 0.3 is 29.8 Å². The van der Waals surface area contributed by atoms with E-state index in [4.69, 9.17) is 28.4 Å². The maximum absolute atomic E-state index is 11.5. The molecule has 1 fully saturated rings. The Bertz CT molecular complexity index is 599. The van der Waals surface area contributed by atoms with Gasteiger partial charge in [0.2, 0.25) is 12.4 Å². The normalized spacial score (nSPS) is 25.1. The third kappa shape index (κ3) is 7.21. The maximum atomic E-state index is 11.5. The Morgan fingerprint density at radius 1 is 0.741 bits per heavy atom. The van der Waals surface area contributed by atoms with Crippen LogP contribution in [0.2, 0.25) is 0 Å². The van der Waals surface area contributed by atoms with Gasteiger partial charge in [-0.25, -0.2) is 0 Å². The second kappa shape index (κ2) is 9.86. The zero-order chi connectivity index (χ0) is 20.7.